The minimum atomic E-state index is -0.803. The van der Waals surface area contributed by atoms with Crippen LogP contribution in [0.5, 0.6) is 5.75 Å². The average Bonchev–Trinajstić information content (AvgIpc) is 2.73. The molecule has 0 heterocycles. The smallest absolute Gasteiger partial charge is 0.306 e. The van der Waals surface area contributed by atoms with Crippen LogP contribution in [-0.2, 0) is 19.1 Å². The van der Waals surface area contributed by atoms with Crippen LogP contribution in [0.15, 0.2) is 36.4 Å². The summed E-state index contributed by atoms with van der Waals surface area (Å²) in [5, 5.41) is 16.5. The van der Waals surface area contributed by atoms with E-state index in [4.69, 9.17) is 32.7 Å². The number of nitrogens with zero attached hydrogens (tertiary/aromatic N) is 1. The number of nitro benzene ring substituents is 1. The molecule has 2 amide bonds. The van der Waals surface area contributed by atoms with Crippen LogP contribution in [0.2, 0.25) is 10.0 Å². The van der Waals surface area contributed by atoms with Gasteiger partial charge in [0.15, 0.2) is 6.61 Å². The Morgan fingerprint density at radius 2 is 1.71 bits per heavy atom. The van der Waals surface area contributed by atoms with Gasteiger partial charge in [-0.05, 0) is 24.3 Å². The lowest BCUT2D eigenvalue weighted by Crippen LogP contribution is -2.22. The number of ether oxygens (including phenoxy) is 2. The van der Waals surface area contributed by atoms with Crippen molar-refractivity contribution in [3.05, 3.63) is 56.6 Å². The van der Waals surface area contributed by atoms with Crippen molar-refractivity contribution in [2.45, 2.75) is 12.8 Å². The molecule has 2 aromatic carbocycles. The van der Waals surface area contributed by atoms with Gasteiger partial charge in [0.05, 0.1) is 29.2 Å². The summed E-state index contributed by atoms with van der Waals surface area (Å²) in [7, 11) is 1.37. The summed E-state index contributed by atoms with van der Waals surface area (Å²) in [4.78, 5) is 46.1. The quantitative estimate of drug-likeness (QED) is 0.323. The first kappa shape index (κ1) is 23.9. The first-order valence-corrected chi connectivity index (χ1v) is 9.48. The Morgan fingerprint density at radius 1 is 1.00 bits per heavy atom. The van der Waals surface area contributed by atoms with Crippen molar-refractivity contribution in [3.8, 4) is 5.75 Å². The number of hydrogen-bond donors (Lipinski definition) is 2. The summed E-state index contributed by atoms with van der Waals surface area (Å²) >= 11 is 11.8. The summed E-state index contributed by atoms with van der Waals surface area (Å²) < 4.78 is 9.76. The van der Waals surface area contributed by atoms with Crippen molar-refractivity contribution in [2.75, 3.05) is 24.4 Å². The topological polar surface area (TPSA) is 137 Å². The van der Waals surface area contributed by atoms with Gasteiger partial charge in [0.25, 0.3) is 11.6 Å². The third-order valence-corrected chi connectivity index (χ3v) is 4.36. The zero-order chi connectivity index (χ0) is 23.0. The number of rotatable bonds is 9. The zero-order valence-electron chi connectivity index (χ0n) is 16.1. The summed E-state index contributed by atoms with van der Waals surface area (Å²) in [6.45, 7) is -0.686. The van der Waals surface area contributed by atoms with Crippen LogP contribution in [0, 0.1) is 10.1 Å². The van der Waals surface area contributed by atoms with Gasteiger partial charge in [0.2, 0.25) is 5.91 Å². The molecule has 0 aromatic heterocycles. The highest BCUT2D eigenvalue weighted by molar-refractivity contribution is 6.35. The molecule has 12 heteroatoms. The largest absolute Gasteiger partial charge is 0.497 e. The lowest BCUT2D eigenvalue weighted by atomic mass is 10.2. The predicted molar refractivity (Wildman–Crippen MR) is 114 cm³/mol. The molecule has 0 saturated heterocycles. The standard InChI is InChI=1S/C19H17Cl2N3O7/c1-30-12-3-5-16(24(28)29)15(9-12)23-18(26)10-31-19(27)7-6-17(25)22-14-8-11(20)2-4-13(14)21/h2-5,8-9H,6-7,10H2,1H3,(H,22,25)(H,23,26). The van der Waals surface area contributed by atoms with Crippen LogP contribution in [-0.4, -0.2) is 36.4 Å². The van der Waals surface area contributed by atoms with Crippen molar-refractivity contribution in [2.24, 2.45) is 0 Å². The minimum Gasteiger partial charge on any atom is -0.497 e. The number of anilines is 2. The number of esters is 1. The third-order valence-electron chi connectivity index (χ3n) is 3.80. The van der Waals surface area contributed by atoms with Gasteiger partial charge in [-0.15, -0.1) is 0 Å². The van der Waals surface area contributed by atoms with E-state index >= 15 is 0 Å². The molecule has 0 unspecified atom stereocenters. The first-order valence-electron chi connectivity index (χ1n) is 8.72. The van der Waals surface area contributed by atoms with E-state index in [1.54, 1.807) is 6.07 Å². The van der Waals surface area contributed by atoms with Gasteiger partial charge < -0.3 is 20.1 Å². The number of hydrogen-bond acceptors (Lipinski definition) is 7. The predicted octanol–water partition coefficient (Wildman–Crippen LogP) is 3.81. The number of carbonyl (C=O) groups excluding carboxylic acids is 3. The number of amides is 2. The molecule has 2 rings (SSSR count). The van der Waals surface area contributed by atoms with Crippen molar-refractivity contribution < 1.29 is 28.8 Å². The SMILES string of the molecule is COc1ccc([N+](=O)[O-])c(NC(=O)COC(=O)CCC(=O)Nc2cc(Cl)ccc2Cl)c1. The molecule has 0 radical (unpaired) electrons. The Bertz CT molecular complexity index is 1010. The van der Waals surface area contributed by atoms with Crippen molar-refractivity contribution in [1.82, 2.24) is 0 Å². The van der Waals surface area contributed by atoms with E-state index in [9.17, 15) is 24.5 Å². The van der Waals surface area contributed by atoms with Gasteiger partial charge >= 0.3 is 5.97 Å². The minimum absolute atomic E-state index is 0.108. The fraction of sp³-hybridized carbons (Fsp3) is 0.211. The van der Waals surface area contributed by atoms with Crippen LogP contribution in [0.3, 0.4) is 0 Å². The molecule has 2 N–H and O–H groups in total. The molecule has 0 saturated carbocycles. The van der Waals surface area contributed by atoms with Crippen LogP contribution >= 0.6 is 23.2 Å². The molecule has 0 spiro atoms. The summed E-state index contributed by atoms with van der Waals surface area (Å²) in [6, 6.07) is 8.34. The maximum absolute atomic E-state index is 12.0. The third kappa shape index (κ3) is 7.43. The Labute approximate surface area is 186 Å². The number of nitro groups is 1. The van der Waals surface area contributed by atoms with E-state index in [0.717, 1.165) is 0 Å². The molecule has 164 valence electrons. The maximum atomic E-state index is 12.0. The Morgan fingerprint density at radius 3 is 2.39 bits per heavy atom. The highest BCUT2D eigenvalue weighted by Crippen LogP contribution is 2.29. The molecular formula is C19H17Cl2N3O7. The molecule has 0 aliphatic heterocycles. The van der Waals surface area contributed by atoms with E-state index in [-0.39, 0.29) is 29.2 Å². The van der Waals surface area contributed by atoms with E-state index < -0.39 is 29.3 Å². The maximum Gasteiger partial charge on any atom is 0.306 e. The van der Waals surface area contributed by atoms with Gasteiger partial charge in [-0.3, -0.25) is 24.5 Å². The van der Waals surface area contributed by atoms with Crippen LogP contribution < -0.4 is 15.4 Å². The highest BCUT2D eigenvalue weighted by atomic mass is 35.5. The van der Waals surface area contributed by atoms with Crippen LogP contribution in [0.25, 0.3) is 0 Å². The van der Waals surface area contributed by atoms with Crippen molar-refractivity contribution in [1.29, 1.82) is 0 Å². The van der Waals surface area contributed by atoms with E-state index in [1.165, 1.54) is 37.4 Å². The molecule has 0 bridgehead atoms. The number of carbonyl (C=O) groups is 3. The molecule has 0 aliphatic carbocycles. The van der Waals surface area contributed by atoms with Gasteiger partial charge in [-0.25, -0.2) is 0 Å². The van der Waals surface area contributed by atoms with E-state index in [2.05, 4.69) is 10.6 Å². The molecule has 10 nitrogen and oxygen atoms in total. The van der Waals surface area contributed by atoms with Gasteiger partial charge in [0.1, 0.15) is 11.4 Å². The Balaban J connectivity index is 1.82. The number of methoxy groups -OCH3 is 1. The van der Waals surface area contributed by atoms with E-state index in [0.29, 0.717) is 16.5 Å². The average molecular weight is 470 g/mol. The monoisotopic (exact) mass is 469 g/mol. The first-order chi connectivity index (χ1) is 14.7. The van der Waals surface area contributed by atoms with Crippen LogP contribution in [0.1, 0.15) is 12.8 Å². The normalized spacial score (nSPS) is 10.2. The lowest BCUT2D eigenvalue weighted by molar-refractivity contribution is -0.383. The number of benzene rings is 2. The second-order valence-electron chi connectivity index (χ2n) is 6.02. The number of halogens is 2. The highest BCUT2D eigenvalue weighted by Gasteiger charge is 2.18. The summed E-state index contributed by atoms with van der Waals surface area (Å²) in [5.74, 6) is -1.80. The Kier molecular flexibility index (Phi) is 8.59. The second kappa shape index (κ2) is 11.1. The molecule has 2 aromatic rings. The van der Waals surface area contributed by atoms with Crippen LogP contribution in [0.4, 0.5) is 17.1 Å². The molecule has 0 atom stereocenters. The summed E-state index contributed by atoms with van der Waals surface area (Å²) in [5.41, 5.74) is -0.160. The molecule has 0 fully saturated rings. The van der Waals surface area contributed by atoms with Crippen molar-refractivity contribution in [3.63, 3.8) is 0 Å². The summed E-state index contributed by atoms with van der Waals surface area (Å²) in [6.07, 6.45) is -0.513. The second-order valence-corrected chi connectivity index (χ2v) is 6.87. The molecule has 31 heavy (non-hydrogen) atoms. The molecule has 0 aliphatic rings. The number of nitrogens with one attached hydrogen (secondary N) is 2. The van der Waals surface area contributed by atoms with E-state index in [1.807, 2.05) is 0 Å². The van der Waals surface area contributed by atoms with Gasteiger partial charge in [-0.1, -0.05) is 23.2 Å². The van der Waals surface area contributed by atoms with Crippen molar-refractivity contribution >= 4 is 58.0 Å². The fourth-order valence-electron chi connectivity index (χ4n) is 2.33. The lowest BCUT2D eigenvalue weighted by Gasteiger charge is -2.09. The Hall–Kier alpha value is -3.37. The zero-order valence-corrected chi connectivity index (χ0v) is 17.7. The fourth-order valence-corrected chi connectivity index (χ4v) is 2.66. The van der Waals surface area contributed by atoms with Gasteiger partial charge in [-0.2, -0.15) is 0 Å². The molecular weight excluding hydrogens is 453 g/mol. The van der Waals surface area contributed by atoms with Gasteiger partial charge in [0, 0.05) is 23.6 Å².